The third-order valence-corrected chi connectivity index (χ3v) is 7.47. The molecule has 1 aromatic heterocycles. The lowest BCUT2D eigenvalue weighted by Crippen LogP contribution is -2.35. The van der Waals surface area contributed by atoms with Crippen LogP contribution in [-0.4, -0.2) is 93.1 Å². The maximum absolute atomic E-state index is 12.3. The molecule has 2 fully saturated rings. The minimum absolute atomic E-state index is 0.167. The van der Waals surface area contributed by atoms with Gasteiger partial charge in [-0.1, -0.05) is 32.1 Å². The van der Waals surface area contributed by atoms with Gasteiger partial charge in [0.05, 0.1) is 31.5 Å². The number of nitrogens with one attached hydrogen (secondary N) is 2. The zero-order chi connectivity index (χ0) is 33.6. The lowest BCUT2D eigenvalue weighted by Gasteiger charge is -2.21. The summed E-state index contributed by atoms with van der Waals surface area (Å²) in [6, 6.07) is -0.970. The molecule has 1 aromatic rings. The Morgan fingerprint density at radius 1 is 1.30 bits per heavy atom. The van der Waals surface area contributed by atoms with Crippen LogP contribution in [0.25, 0.3) is 0 Å². The summed E-state index contributed by atoms with van der Waals surface area (Å²) in [5.74, 6) is -0.321. The van der Waals surface area contributed by atoms with Gasteiger partial charge in [-0.3, -0.25) is 24.2 Å². The van der Waals surface area contributed by atoms with E-state index in [1.54, 1.807) is 13.1 Å². The molecule has 2 aliphatic heterocycles. The van der Waals surface area contributed by atoms with Crippen LogP contribution in [0.4, 0.5) is 16.4 Å². The monoisotopic (exact) mass is 664 g/mol. The van der Waals surface area contributed by atoms with Gasteiger partial charge in [-0.2, -0.15) is 0 Å². The molecule has 0 saturated carbocycles. The van der Waals surface area contributed by atoms with Crippen LogP contribution >= 0.6 is 20.0 Å². The van der Waals surface area contributed by atoms with Crippen LogP contribution in [0.2, 0.25) is 0 Å². The van der Waals surface area contributed by atoms with Crippen LogP contribution in [-0.2, 0) is 27.9 Å². The number of anilines is 1. The number of nitrogens with two attached hydrogens (primary N) is 2. The van der Waals surface area contributed by atoms with Crippen LogP contribution in [0.15, 0.2) is 16.6 Å². The largest absolute Gasteiger partial charge is 0.472 e. The number of nitrogens with zero attached hydrogens (tertiary/aromatic N) is 2. The number of carbonyl (C=O) groups excluding carboxylic acids is 2. The quantitative estimate of drug-likeness (QED) is 0.0822. The Labute approximate surface area is 261 Å². The fraction of sp³-hybridized carbons (Fsp3) is 0.654. The molecule has 250 valence electrons. The summed E-state index contributed by atoms with van der Waals surface area (Å²) in [7, 11) is -4.50. The molecule has 16 nitrogen and oxygen atoms in total. The second-order valence-electron chi connectivity index (χ2n) is 9.64. The van der Waals surface area contributed by atoms with Gasteiger partial charge in [0.1, 0.15) is 24.0 Å². The number of aliphatic imine (C=N–C) groups is 1. The molecule has 3 unspecified atom stereocenters. The smallest absolute Gasteiger partial charge is 0.394 e. The molecule has 18 heteroatoms. The van der Waals surface area contributed by atoms with Gasteiger partial charge in [-0.25, -0.2) is 14.3 Å². The van der Waals surface area contributed by atoms with Crippen molar-refractivity contribution in [1.29, 1.82) is 0 Å². The highest BCUT2D eigenvalue weighted by Gasteiger charge is 2.41. The number of aryl methyl sites for hydroxylation is 1. The van der Waals surface area contributed by atoms with E-state index < -0.39 is 56.9 Å². The van der Waals surface area contributed by atoms with E-state index in [1.165, 1.54) is 13.0 Å². The predicted molar refractivity (Wildman–Crippen MR) is 166 cm³/mol. The maximum atomic E-state index is 12.3. The number of urea groups is 1. The van der Waals surface area contributed by atoms with Crippen LogP contribution < -0.4 is 16.8 Å². The Morgan fingerprint density at radius 3 is 2.48 bits per heavy atom. The zero-order valence-corrected chi connectivity index (χ0v) is 27.5. The molecule has 2 aliphatic rings. The van der Waals surface area contributed by atoms with E-state index in [0.29, 0.717) is 22.7 Å². The van der Waals surface area contributed by atoms with E-state index in [-0.39, 0.29) is 31.1 Å². The normalized spacial score (nSPS) is 26.2. The third kappa shape index (κ3) is 13.2. The molecule has 0 spiro atoms. The summed E-state index contributed by atoms with van der Waals surface area (Å²) in [4.78, 5) is 43.2. The van der Waals surface area contributed by atoms with E-state index in [1.807, 2.05) is 33.0 Å². The molecule has 9 N–H and O–H groups in total. The number of carbonyl (C=O) groups is 2. The Kier molecular flexibility index (Phi) is 17.1. The topological polar surface area (TPSA) is 254 Å². The number of amides is 3. The van der Waals surface area contributed by atoms with Gasteiger partial charge >= 0.3 is 13.9 Å². The number of phosphoric ester groups is 1. The molecule has 3 amide bonds. The number of rotatable bonds is 10. The average molecular weight is 665 g/mol. The molecule has 7 atom stereocenters. The van der Waals surface area contributed by atoms with Crippen molar-refractivity contribution >= 4 is 49.8 Å². The first kappa shape index (κ1) is 39.4. The number of phosphoric acid groups is 1. The van der Waals surface area contributed by atoms with Crippen molar-refractivity contribution in [2.45, 2.75) is 97.4 Å². The van der Waals surface area contributed by atoms with Crippen molar-refractivity contribution < 1.29 is 47.8 Å². The number of ether oxygens (including phenoxy) is 2. The van der Waals surface area contributed by atoms with E-state index in [4.69, 9.17) is 42.2 Å². The van der Waals surface area contributed by atoms with Crippen molar-refractivity contribution in [1.82, 2.24) is 15.3 Å². The fourth-order valence-corrected chi connectivity index (χ4v) is 5.44. The fourth-order valence-electron chi connectivity index (χ4n) is 4.18. The van der Waals surface area contributed by atoms with E-state index in [9.17, 15) is 29.3 Å². The van der Waals surface area contributed by atoms with Gasteiger partial charge in [0.25, 0.3) is 5.91 Å². The second-order valence-corrected chi connectivity index (χ2v) is 11.4. The van der Waals surface area contributed by atoms with Gasteiger partial charge in [-0.05, 0) is 34.1 Å². The van der Waals surface area contributed by atoms with Crippen molar-refractivity contribution in [3.05, 3.63) is 22.0 Å². The molecule has 0 aromatic carbocycles. The summed E-state index contributed by atoms with van der Waals surface area (Å²) < 4.78 is 33.8. The van der Waals surface area contributed by atoms with E-state index in [2.05, 4.69) is 15.0 Å². The number of imide groups is 1. The number of aliphatic hydroxyl groups is 2. The zero-order valence-electron chi connectivity index (χ0n) is 25.8. The first-order valence-electron chi connectivity index (χ1n) is 14.0. The summed E-state index contributed by atoms with van der Waals surface area (Å²) in [6.07, 6.45) is 0.0127. The SMILES string of the molecule is C/C(=C/C[C@H]1C[C@@H](OP(=O)(O)OCC2O[C@@H](C)C[C@H]2O)C(CO)O1)C(=O)NC(N)=O.CC.CC=Nc1c(C)[nH]c(N)nc1=S. The van der Waals surface area contributed by atoms with Crippen LogP contribution in [0, 0.1) is 11.6 Å². The summed E-state index contributed by atoms with van der Waals surface area (Å²) >= 11 is 4.97. The summed E-state index contributed by atoms with van der Waals surface area (Å²) in [5, 5.41) is 21.2. The predicted octanol–water partition coefficient (Wildman–Crippen LogP) is 2.49. The molecule has 3 rings (SSSR count). The molecule has 0 aliphatic carbocycles. The highest BCUT2D eigenvalue weighted by Crippen LogP contribution is 2.48. The molecular weight excluding hydrogens is 619 g/mol. The van der Waals surface area contributed by atoms with Gasteiger partial charge in [-0.15, -0.1) is 0 Å². The third-order valence-electron chi connectivity index (χ3n) is 6.17. The van der Waals surface area contributed by atoms with Crippen LogP contribution in [0.5, 0.6) is 0 Å². The number of hydrogen-bond donors (Lipinski definition) is 7. The number of aromatic nitrogens is 2. The molecule has 3 heterocycles. The number of nitrogen functional groups attached to an aromatic ring is 1. The minimum Gasteiger partial charge on any atom is -0.394 e. The Balaban J connectivity index is 0.000000575. The highest BCUT2D eigenvalue weighted by atomic mass is 32.1. The van der Waals surface area contributed by atoms with Gasteiger partial charge in [0.2, 0.25) is 0 Å². The number of aromatic amines is 1. The van der Waals surface area contributed by atoms with Gasteiger partial charge < -0.3 is 41.0 Å². The van der Waals surface area contributed by atoms with Crippen molar-refractivity contribution in [2.75, 3.05) is 18.9 Å². The summed E-state index contributed by atoms with van der Waals surface area (Å²) in [5.41, 5.74) is 12.1. The van der Waals surface area contributed by atoms with Gasteiger partial charge in [0, 0.05) is 30.3 Å². The molecule has 2 saturated heterocycles. The van der Waals surface area contributed by atoms with E-state index in [0.717, 1.165) is 5.69 Å². The van der Waals surface area contributed by atoms with Crippen molar-refractivity contribution in [3.63, 3.8) is 0 Å². The summed E-state index contributed by atoms with van der Waals surface area (Å²) in [6.45, 7) is 10.2. The first-order valence-corrected chi connectivity index (χ1v) is 15.9. The number of primary amides is 1. The Hall–Kier alpha value is -2.60. The average Bonchev–Trinajstić information content (AvgIpc) is 3.49. The Morgan fingerprint density at radius 2 is 1.95 bits per heavy atom. The van der Waals surface area contributed by atoms with Crippen LogP contribution in [0.1, 0.15) is 59.6 Å². The van der Waals surface area contributed by atoms with E-state index >= 15 is 0 Å². The lowest BCUT2D eigenvalue weighted by molar-refractivity contribution is -0.116. The number of hydrogen-bond acceptors (Lipinski definition) is 13. The number of H-pyrrole nitrogens is 1. The minimum atomic E-state index is -4.50. The molecule has 44 heavy (non-hydrogen) atoms. The second kappa shape index (κ2) is 19.0. The first-order chi connectivity index (χ1) is 20.6. The van der Waals surface area contributed by atoms with Crippen molar-refractivity contribution in [3.8, 4) is 0 Å². The highest BCUT2D eigenvalue weighted by molar-refractivity contribution is 7.71. The maximum Gasteiger partial charge on any atom is 0.472 e. The molecule has 0 bridgehead atoms. The lowest BCUT2D eigenvalue weighted by atomic mass is 10.1. The Bertz CT molecular complexity index is 1260. The molecule has 0 radical (unpaired) electrons. The van der Waals surface area contributed by atoms with Gasteiger partial charge in [0.15, 0.2) is 10.6 Å². The number of aliphatic hydroxyl groups excluding tert-OH is 2. The standard InChI is InChI=1S/C17H29N2O10P.C7H10N4S.C2H6/c1-9(16(22)19-17(18)23)3-4-11-6-13(14(7-20)28-11)29-30(24,25)26-8-15-12(21)5-10(2)27-15;1-3-9-5-4(2)10-7(8)11-6(5)12;1-2/h3,10-15,20-21H,4-8H2,1-2H3,(H,24,25)(H3,18,19,22,23);3H,1-2H3,(H3,8,10,11,12);1-2H3/b9-3-;;/t10-,11-,12+,13+,14?,15?;;/m0../s1. The van der Waals surface area contributed by atoms with Crippen molar-refractivity contribution in [2.24, 2.45) is 10.7 Å². The molecular formula is C26H45N6O10PS. The van der Waals surface area contributed by atoms with Crippen LogP contribution in [0.3, 0.4) is 0 Å².